The van der Waals surface area contributed by atoms with Crippen molar-refractivity contribution in [2.45, 2.75) is 38.6 Å². The molecule has 1 aromatic rings. The molecule has 0 aromatic carbocycles. The van der Waals surface area contributed by atoms with E-state index in [4.69, 9.17) is 11.6 Å². The highest BCUT2D eigenvalue weighted by Gasteiger charge is 2.33. The summed E-state index contributed by atoms with van der Waals surface area (Å²) in [7, 11) is 1.76. The van der Waals surface area contributed by atoms with Crippen LogP contribution in [0.25, 0.3) is 0 Å². The molecule has 0 unspecified atom stereocenters. The van der Waals surface area contributed by atoms with Gasteiger partial charge in [0.15, 0.2) is 5.82 Å². The van der Waals surface area contributed by atoms with Crippen molar-refractivity contribution in [3.63, 3.8) is 0 Å². The molecule has 112 valence electrons. The van der Waals surface area contributed by atoms with Gasteiger partial charge in [-0.05, 0) is 31.4 Å². The number of fused-ring (bicyclic) bond motifs is 1. The highest BCUT2D eigenvalue weighted by Crippen LogP contribution is 2.36. The molecule has 0 radical (unpaired) electrons. The number of aromatic nitrogens is 2. The van der Waals surface area contributed by atoms with Crippen molar-refractivity contribution in [3.8, 4) is 0 Å². The Morgan fingerprint density at radius 3 is 2.76 bits per heavy atom. The Morgan fingerprint density at radius 1 is 1.38 bits per heavy atom. The molecular weight excluding hydrogens is 288 g/mol. The van der Waals surface area contributed by atoms with E-state index in [9.17, 15) is 4.79 Å². The summed E-state index contributed by atoms with van der Waals surface area (Å²) >= 11 is 5.99. The first-order valence-corrected chi connectivity index (χ1v) is 7.72. The minimum atomic E-state index is 0.00479. The second-order valence-electron chi connectivity index (χ2n) is 5.59. The summed E-state index contributed by atoms with van der Waals surface area (Å²) in [5.41, 5.74) is 1.52. The van der Waals surface area contributed by atoms with Crippen LogP contribution in [0.15, 0.2) is 17.8 Å². The van der Waals surface area contributed by atoms with Crippen molar-refractivity contribution in [1.29, 1.82) is 0 Å². The zero-order valence-corrected chi connectivity index (χ0v) is 13.1. The molecule has 2 heterocycles. The highest BCUT2D eigenvalue weighted by atomic mass is 35.5. The third-order valence-corrected chi connectivity index (χ3v) is 4.57. The number of carbonyl (C=O) groups excluding carboxylic acids is 1. The summed E-state index contributed by atoms with van der Waals surface area (Å²) in [5.74, 6) is 0.778. The molecule has 0 saturated heterocycles. The Morgan fingerprint density at radius 2 is 2.10 bits per heavy atom. The van der Waals surface area contributed by atoms with Crippen LogP contribution in [0.1, 0.15) is 32.6 Å². The Hall–Kier alpha value is -1.62. The largest absolute Gasteiger partial charge is 0.347 e. The van der Waals surface area contributed by atoms with E-state index < -0.39 is 0 Å². The molecule has 1 aliphatic carbocycles. The van der Waals surface area contributed by atoms with E-state index in [-0.39, 0.29) is 11.2 Å². The van der Waals surface area contributed by atoms with Gasteiger partial charge in [-0.3, -0.25) is 4.79 Å². The van der Waals surface area contributed by atoms with Crippen LogP contribution in [0.2, 0.25) is 5.28 Å². The molecule has 3 rings (SSSR count). The van der Waals surface area contributed by atoms with E-state index >= 15 is 0 Å². The van der Waals surface area contributed by atoms with Gasteiger partial charge in [0.2, 0.25) is 5.28 Å². The van der Waals surface area contributed by atoms with Crippen molar-refractivity contribution in [3.05, 3.63) is 23.1 Å². The molecule has 0 spiro atoms. The number of halogens is 1. The number of nitrogens with zero attached hydrogens (tertiary/aromatic N) is 4. The SMILES string of the molecule is C/C=C1/CN(C2CCCC2)c2nc(Cl)ncc2N(C)C1=O. The average Bonchev–Trinajstić information content (AvgIpc) is 2.98. The molecule has 5 nitrogen and oxygen atoms in total. The summed E-state index contributed by atoms with van der Waals surface area (Å²) in [4.78, 5) is 24.8. The Labute approximate surface area is 129 Å². The lowest BCUT2D eigenvalue weighted by Crippen LogP contribution is -2.36. The van der Waals surface area contributed by atoms with Gasteiger partial charge in [-0.15, -0.1) is 0 Å². The van der Waals surface area contributed by atoms with Gasteiger partial charge in [0, 0.05) is 25.2 Å². The summed E-state index contributed by atoms with van der Waals surface area (Å²) in [5, 5.41) is 0.224. The maximum atomic E-state index is 12.5. The number of anilines is 2. The van der Waals surface area contributed by atoms with Crippen LogP contribution in [-0.2, 0) is 4.79 Å². The van der Waals surface area contributed by atoms with E-state index in [0.29, 0.717) is 12.6 Å². The van der Waals surface area contributed by atoms with Crippen LogP contribution < -0.4 is 9.80 Å². The van der Waals surface area contributed by atoms with Crippen LogP contribution in [0.3, 0.4) is 0 Å². The molecule has 1 aliphatic heterocycles. The molecule has 1 fully saturated rings. The first kappa shape index (κ1) is 14.3. The first-order chi connectivity index (χ1) is 10.1. The van der Waals surface area contributed by atoms with Gasteiger partial charge < -0.3 is 9.80 Å². The summed E-state index contributed by atoms with van der Waals surface area (Å²) in [6.07, 6.45) is 8.26. The van der Waals surface area contributed by atoms with Crippen LogP contribution in [-0.4, -0.2) is 35.5 Å². The number of carbonyl (C=O) groups is 1. The van der Waals surface area contributed by atoms with Crippen LogP contribution >= 0.6 is 11.6 Å². The van der Waals surface area contributed by atoms with Crippen molar-refractivity contribution in [1.82, 2.24) is 9.97 Å². The molecule has 0 atom stereocenters. The quantitative estimate of drug-likeness (QED) is 0.591. The summed E-state index contributed by atoms with van der Waals surface area (Å²) < 4.78 is 0. The lowest BCUT2D eigenvalue weighted by atomic mass is 10.1. The molecule has 0 bridgehead atoms. The van der Waals surface area contributed by atoms with Crippen molar-refractivity contribution < 1.29 is 4.79 Å². The number of hydrogen-bond acceptors (Lipinski definition) is 4. The monoisotopic (exact) mass is 306 g/mol. The fraction of sp³-hybridized carbons (Fsp3) is 0.533. The zero-order valence-electron chi connectivity index (χ0n) is 12.3. The molecule has 1 amide bonds. The molecule has 0 N–H and O–H groups in total. The second kappa shape index (κ2) is 5.64. The summed E-state index contributed by atoms with van der Waals surface area (Å²) in [6, 6.07) is 0.420. The molecule has 21 heavy (non-hydrogen) atoms. The fourth-order valence-corrected chi connectivity index (χ4v) is 3.31. The van der Waals surface area contributed by atoms with Crippen LogP contribution in [0.5, 0.6) is 0 Å². The number of likely N-dealkylation sites (N-methyl/N-ethyl adjacent to an activating group) is 1. The Balaban J connectivity index is 2.11. The maximum absolute atomic E-state index is 12.5. The Bertz CT molecular complexity index is 595. The average molecular weight is 307 g/mol. The molecular formula is C15H19ClN4O. The van der Waals surface area contributed by atoms with Gasteiger partial charge >= 0.3 is 0 Å². The van der Waals surface area contributed by atoms with E-state index in [0.717, 1.165) is 29.9 Å². The predicted molar refractivity (Wildman–Crippen MR) is 83.8 cm³/mol. The van der Waals surface area contributed by atoms with E-state index in [2.05, 4.69) is 14.9 Å². The topological polar surface area (TPSA) is 49.3 Å². The normalized spacial score (nSPS) is 21.9. The van der Waals surface area contributed by atoms with Crippen LogP contribution in [0.4, 0.5) is 11.5 Å². The third-order valence-electron chi connectivity index (χ3n) is 4.39. The molecule has 2 aliphatic rings. The van der Waals surface area contributed by atoms with Crippen molar-refractivity contribution >= 4 is 29.0 Å². The predicted octanol–water partition coefficient (Wildman–Crippen LogP) is 2.80. The standard InChI is InChI=1S/C15H19ClN4O/c1-3-10-9-20(11-6-4-5-7-11)13-12(19(2)14(10)21)8-17-15(16)18-13/h3,8,11H,4-7,9H2,1-2H3/b10-3-. The van der Waals surface area contributed by atoms with Gasteiger partial charge in [0.1, 0.15) is 5.69 Å². The van der Waals surface area contributed by atoms with Gasteiger partial charge in [0.05, 0.1) is 6.20 Å². The number of amides is 1. The van der Waals surface area contributed by atoms with E-state index in [1.807, 2.05) is 13.0 Å². The van der Waals surface area contributed by atoms with Crippen molar-refractivity contribution in [2.75, 3.05) is 23.4 Å². The van der Waals surface area contributed by atoms with Crippen molar-refractivity contribution in [2.24, 2.45) is 0 Å². The lowest BCUT2D eigenvalue weighted by molar-refractivity contribution is -0.114. The minimum Gasteiger partial charge on any atom is -0.347 e. The molecule has 6 heteroatoms. The highest BCUT2D eigenvalue weighted by molar-refractivity contribution is 6.28. The van der Waals surface area contributed by atoms with E-state index in [1.54, 1.807) is 18.1 Å². The van der Waals surface area contributed by atoms with Gasteiger partial charge in [-0.25, -0.2) is 4.98 Å². The lowest BCUT2D eigenvalue weighted by Gasteiger charge is -2.29. The minimum absolute atomic E-state index is 0.00479. The number of rotatable bonds is 1. The zero-order chi connectivity index (χ0) is 15.0. The van der Waals surface area contributed by atoms with Gasteiger partial charge in [-0.1, -0.05) is 18.9 Å². The number of allylic oxidation sites excluding steroid dienone is 1. The molecule has 1 aromatic heterocycles. The summed E-state index contributed by atoms with van der Waals surface area (Å²) in [6.45, 7) is 2.49. The smallest absolute Gasteiger partial charge is 0.255 e. The first-order valence-electron chi connectivity index (χ1n) is 7.34. The fourth-order valence-electron chi connectivity index (χ4n) is 3.18. The van der Waals surface area contributed by atoms with E-state index in [1.165, 1.54) is 12.8 Å². The number of hydrogen-bond donors (Lipinski definition) is 0. The second-order valence-corrected chi connectivity index (χ2v) is 5.93. The van der Waals surface area contributed by atoms with Gasteiger partial charge in [0.25, 0.3) is 5.91 Å². The Kier molecular flexibility index (Phi) is 3.85. The third kappa shape index (κ3) is 2.50. The molecule has 1 saturated carbocycles. The maximum Gasteiger partial charge on any atom is 0.255 e. The van der Waals surface area contributed by atoms with Gasteiger partial charge in [-0.2, -0.15) is 4.98 Å². The van der Waals surface area contributed by atoms with Crippen LogP contribution in [0, 0.1) is 0 Å².